The maximum Gasteiger partial charge on any atom is 0.264 e. The quantitative estimate of drug-likeness (QED) is 0.191. The molecule has 0 aliphatic carbocycles. The van der Waals surface area contributed by atoms with Gasteiger partial charge in [0, 0.05) is 6.20 Å². The third-order valence-electron chi connectivity index (χ3n) is 6.05. The summed E-state index contributed by atoms with van der Waals surface area (Å²) >= 11 is 0. The van der Waals surface area contributed by atoms with Crippen molar-refractivity contribution in [3.8, 4) is 5.75 Å². The van der Waals surface area contributed by atoms with Gasteiger partial charge in [-0.05, 0) is 76.5 Å². The fourth-order valence-corrected chi connectivity index (χ4v) is 5.45. The van der Waals surface area contributed by atoms with Crippen molar-refractivity contribution < 1.29 is 17.9 Å². The molecule has 5 aromatic rings. The minimum absolute atomic E-state index is 0.0677. The molecule has 1 aromatic heterocycles. The van der Waals surface area contributed by atoms with Crippen LogP contribution < -0.4 is 14.5 Å². The van der Waals surface area contributed by atoms with Crippen LogP contribution in [0.3, 0.4) is 0 Å². The number of carbonyl (C=O) groups is 1. The van der Waals surface area contributed by atoms with Crippen molar-refractivity contribution in [1.82, 2.24) is 10.4 Å². The number of amides is 1. The Bertz CT molecular complexity index is 1730. The second-order valence-corrected chi connectivity index (χ2v) is 10.7. The van der Waals surface area contributed by atoms with E-state index in [2.05, 4.69) is 39.8 Å². The van der Waals surface area contributed by atoms with E-state index in [-0.39, 0.29) is 10.6 Å². The van der Waals surface area contributed by atoms with E-state index in [1.54, 1.807) is 30.3 Å². The van der Waals surface area contributed by atoms with Crippen molar-refractivity contribution in [2.45, 2.75) is 11.5 Å². The molecule has 1 heterocycles. The molecular weight excluding hydrogens is 524 g/mol. The van der Waals surface area contributed by atoms with Gasteiger partial charge in [-0.25, -0.2) is 13.8 Å². The summed E-state index contributed by atoms with van der Waals surface area (Å²) in [4.78, 5) is 16.7. The molecule has 0 fully saturated rings. The number of hydrazone groups is 1. The molecule has 0 bridgehead atoms. The molecule has 0 aliphatic heterocycles. The first-order valence-corrected chi connectivity index (χ1v) is 13.9. The summed E-state index contributed by atoms with van der Waals surface area (Å²) in [6, 6.07) is 32.8. The molecule has 1 N–H and O–H groups in total. The number of pyridine rings is 1. The van der Waals surface area contributed by atoms with Gasteiger partial charge < -0.3 is 4.74 Å². The zero-order chi connectivity index (χ0) is 27.8. The molecule has 0 aliphatic rings. The van der Waals surface area contributed by atoms with Gasteiger partial charge in [-0.2, -0.15) is 5.10 Å². The van der Waals surface area contributed by atoms with E-state index in [0.717, 1.165) is 15.4 Å². The van der Waals surface area contributed by atoms with Crippen LogP contribution >= 0.6 is 0 Å². The monoisotopic (exact) mass is 550 g/mol. The van der Waals surface area contributed by atoms with Crippen molar-refractivity contribution >= 4 is 38.6 Å². The van der Waals surface area contributed by atoms with Gasteiger partial charge in [0.2, 0.25) is 0 Å². The molecule has 0 spiro atoms. The van der Waals surface area contributed by atoms with Crippen LogP contribution in [-0.4, -0.2) is 32.1 Å². The molecule has 4 aromatic carbocycles. The third kappa shape index (κ3) is 6.51. The number of ether oxygens (including phenoxy) is 1. The van der Waals surface area contributed by atoms with Gasteiger partial charge in [0.05, 0.1) is 23.0 Å². The molecule has 200 valence electrons. The number of hydrogen-bond acceptors (Lipinski definition) is 6. The average Bonchev–Trinajstić information content (AvgIpc) is 3.00. The highest BCUT2D eigenvalue weighted by Crippen LogP contribution is 2.22. The molecule has 0 radical (unpaired) electrons. The SMILES string of the molecule is O=C(CN(c1cccnc1)S(=O)(=O)c1ccccc1)N/N=C\c1ccc(OCc2ccc3ccccc3c2)cc1. The predicted molar refractivity (Wildman–Crippen MR) is 156 cm³/mol. The van der Waals surface area contributed by atoms with Crippen molar-refractivity contribution in [2.24, 2.45) is 5.10 Å². The number of anilines is 1. The summed E-state index contributed by atoms with van der Waals surface area (Å²) < 4.78 is 33.4. The van der Waals surface area contributed by atoms with E-state index in [1.165, 1.54) is 41.5 Å². The van der Waals surface area contributed by atoms with E-state index in [1.807, 2.05) is 42.5 Å². The van der Waals surface area contributed by atoms with Gasteiger partial charge in [0.1, 0.15) is 18.9 Å². The lowest BCUT2D eigenvalue weighted by Crippen LogP contribution is -2.39. The Morgan fingerprint density at radius 1 is 0.875 bits per heavy atom. The largest absolute Gasteiger partial charge is 0.489 e. The standard InChI is InChI=1S/C31H26N4O4S/c36-31(22-35(28-9-6-18-32-21-28)40(37,38)30-10-2-1-3-11-30)34-33-20-24-13-16-29(17-14-24)39-23-25-12-15-26-7-4-5-8-27(26)19-25/h1-21H,22-23H2,(H,34,36)/b33-20-. The number of carbonyl (C=O) groups excluding carboxylic acids is 1. The molecule has 0 saturated heterocycles. The van der Waals surface area contributed by atoms with Crippen LogP contribution in [0, 0.1) is 0 Å². The van der Waals surface area contributed by atoms with Gasteiger partial charge in [0.15, 0.2) is 0 Å². The Kier molecular flexibility index (Phi) is 8.13. The van der Waals surface area contributed by atoms with Gasteiger partial charge in [-0.1, -0.05) is 54.6 Å². The van der Waals surface area contributed by atoms with Crippen LogP contribution in [0.15, 0.2) is 132 Å². The lowest BCUT2D eigenvalue weighted by Gasteiger charge is -2.23. The lowest BCUT2D eigenvalue weighted by molar-refractivity contribution is -0.119. The number of nitrogens with zero attached hydrogens (tertiary/aromatic N) is 3. The third-order valence-corrected chi connectivity index (χ3v) is 7.84. The van der Waals surface area contributed by atoms with E-state index in [0.29, 0.717) is 12.4 Å². The first-order valence-electron chi connectivity index (χ1n) is 12.5. The topological polar surface area (TPSA) is 101 Å². The number of nitrogens with one attached hydrogen (secondary N) is 1. The Morgan fingerprint density at radius 2 is 1.62 bits per heavy atom. The second-order valence-electron chi connectivity index (χ2n) is 8.87. The zero-order valence-electron chi connectivity index (χ0n) is 21.4. The highest BCUT2D eigenvalue weighted by atomic mass is 32.2. The van der Waals surface area contributed by atoms with Crippen LogP contribution in [0.4, 0.5) is 5.69 Å². The smallest absolute Gasteiger partial charge is 0.264 e. The summed E-state index contributed by atoms with van der Waals surface area (Å²) in [5.41, 5.74) is 4.48. The van der Waals surface area contributed by atoms with Crippen LogP contribution in [0.1, 0.15) is 11.1 Å². The molecule has 8 nitrogen and oxygen atoms in total. The maximum atomic E-state index is 13.3. The van der Waals surface area contributed by atoms with Crippen molar-refractivity contribution in [3.63, 3.8) is 0 Å². The highest BCUT2D eigenvalue weighted by molar-refractivity contribution is 7.92. The van der Waals surface area contributed by atoms with E-state index in [4.69, 9.17) is 4.74 Å². The highest BCUT2D eigenvalue weighted by Gasteiger charge is 2.27. The zero-order valence-corrected chi connectivity index (χ0v) is 22.2. The first-order chi connectivity index (χ1) is 19.5. The van der Waals surface area contributed by atoms with Crippen molar-refractivity contribution in [3.05, 3.63) is 133 Å². The lowest BCUT2D eigenvalue weighted by atomic mass is 10.1. The molecule has 5 rings (SSSR count). The summed E-state index contributed by atoms with van der Waals surface area (Å²) in [7, 11) is -4.00. The number of benzene rings is 4. The van der Waals surface area contributed by atoms with E-state index >= 15 is 0 Å². The van der Waals surface area contributed by atoms with Gasteiger partial charge in [-0.3, -0.25) is 14.1 Å². The normalized spacial score (nSPS) is 11.4. The molecule has 9 heteroatoms. The molecule has 40 heavy (non-hydrogen) atoms. The second kappa shape index (κ2) is 12.2. The minimum Gasteiger partial charge on any atom is -0.489 e. The molecule has 1 amide bonds. The van der Waals surface area contributed by atoms with Gasteiger partial charge in [-0.15, -0.1) is 0 Å². The van der Waals surface area contributed by atoms with Crippen LogP contribution in [0.5, 0.6) is 5.75 Å². The van der Waals surface area contributed by atoms with Crippen LogP contribution in [-0.2, 0) is 21.4 Å². The summed E-state index contributed by atoms with van der Waals surface area (Å²) in [6.07, 6.45) is 4.40. The Morgan fingerprint density at radius 3 is 2.38 bits per heavy atom. The maximum absolute atomic E-state index is 13.3. The summed E-state index contributed by atoms with van der Waals surface area (Å²) in [6.45, 7) is -0.0323. The number of sulfonamides is 1. The minimum atomic E-state index is -4.00. The predicted octanol–water partition coefficient (Wildman–Crippen LogP) is 5.16. The fourth-order valence-electron chi connectivity index (χ4n) is 4.03. The number of rotatable bonds is 10. The summed E-state index contributed by atoms with van der Waals surface area (Å²) in [5.74, 6) is 0.0996. The van der Waals surface area contributed by atoms with E-state index in [9.17, 15) is 13.2 Å². The molecular formula is C31H26N4O4S. The molecule has 0 saturated carbocycles. The Labute approximate surface area is 232 Å². The average molecular weight is 551 g/mol. The Hall–Kier alpha value is -5.02. The van der Waals surface area contributed by atoms with Crippen molar-refractivity contribution in [2.75, 3.05) is 10.8 Å². The van der Waals surface area contributed by atoms with Gasteiger partial charge >= 0.3 is 0 Å². The number of hydrogen-bond donors (Lipinski definition) is 1. The van der Waals surface area contributed by atoms with Crippen LogP contribution in [0.25, 0.3) is 10.8 Å². The number of aromatic nitrogens is 1. The Balaban J connectivity index is 1.19. The van der Waals surface area contributed by atoms with Gasteiger partial charge in [0.25, 0.3) is 15.9 Å². The fraction of sp³-hybridized carbons (Fsp3) is 0.0645. The molecule has 0 unspecified atom stereocenters. The summed E-state index contributed by atoms with van der Waals surface area (Å²) in [5, 5.41) is 6.34. The van der Waals surface area contributed by atoms with Crippen LogP contribution in [0.2, 0.25) is 0 Å². The van der Waals surface area contributed by atoms with E-state index < -0.39 is 22.5 Å². The van der Waals surface area contributed by atoms with Crippen molar-refractivity contribution in [1.29, 1.82) is 0 Å². The number of fused-ring (bicyclic) bond motifs is 1. The molecule has 0 atom stereocenters. The first kappa shape index (κ1) is 26.6.